The van der Waals surface area contributed by atoms with Gasteiger partial charge in [-0.25, -0.2) is 8.42 Å². The van der Waals surface area contributed by atoms with Crippen LogP contribution in [0.15, 0.2) is 24.3 Å². The van der Waals surface area contributed by atoms with Gasteiger partial charge in [0.1, 0.15) is 0 Å². The molecule has 1 aromatic rings. The number of thioether (sulfide) groups is 1. The Morgan fingerprint density at radius 2 is 2.15 bits per heavy atom. The van der Waals surface area contributed by atoms with E-state index in [-0.39, 0.29) is 5.75 Å². The zero-order valence-electron chi connectivity index (χ0n) is 11.8. The number of nitrogens with zero attached hydrogens (tertiary/aromatic N) is 1. The van der Waals surface area contributed by atoms with Gasteiger partial charge in [0.2, 0.25) is 10.0 Å². The Balaban J connectivity index is 2.10. The maximum atomic E-state index is 12.5. The van der Waals surface area contributed by atoms with E-state index in [0.29, 0.717) is 24.9 Å². The molecule has 1 aliphatic heterocycles. The van der Waals surface area contributed by atoms with Gasteiger partial charge >= 0.3 is 0 Å². The molecule has 0 radical (unpaired) electrons. The molecule has 1 heterocycles. The monoisotopic (exact) mass is 314 g/mol. The average Bonchev–Trinajstić information content (AvgIpc) is 2.47. The summed E-state index contributed by atoms with van der Waals surface area (Å²) >= 11 is 1.87. The molecule has 0 spiro atoms. The Morgan fingerprint density at radius 1 is 1.40 bits per heavy atom. The van der Waals surface area contributed by atoms with Crippen molar-refractivity contribution in [2.75, 3.05) is 18.8 Å². The van der Waals surface area contributed by atoms with Crippen LogP contribution in [-0.4, -0.2) is 36.8 Å². The van der Waals surface area contributed by atoms with Crippen LogP contribution in [-0.2, 0) is 22.3 Å². The Hall–Kier alpha value is -0.560. The van der Waals surface area contributed by atoms with Gasteiger partial charge in [-0.1, -0.05) is 31.2 Å². The zero-order chi connectivity index (χ0) is 14.6. The lowest BCUT2D eigenvalue weighted by Crippen LogP contribution is -2.42. The van der Waals surface area contributed by atoms with Gasteiger partial charge in [-0.05, 0) is 17.5 Å². The molecule has 1 atom stereocenters. The van der Waals surface area contributed by atoms with Gasteiger partial charge in [-0.3, -0.25) is 0 Å². The Kier molecular flexibility index (Phi) is 5.49. The van der Waals surface area contributed by atoms with E-state index in [1.54, 1.807) is 4.31 Å². The second-order valence-electron chi connectivity index (χ2n) is 5.04. The van der Waals surface area contributed by atoms with Crippen molar-refractivity contribution in [1.82, 2.24) is 4.31 Å². The molecule has 4 nitrogen and oxygen atoms in total. The van der Waals surface area contributed by atoms with E-state index < -0.39 is 10.0 Å². The highest BCUT2D eigenvalue weighted by molar-refractivity contribution is 8.00. The van der Waals surface area contributed by atoms with E-state index in [1.165, 1.54) is 0 Å². The molecule has 1 unspecified atom stereocenters. The van der Waals surface area contributed by atoms with Gasteiger partial charge in [-0.2, -0.15) is 16.1 Å². The summed E-state index contributed by atoms with van der Waals surface area (Å²) in [6.07, 6.45) is 1.01. The van der Waals surface area contributed by atoms with Crippen molar-refractivity contribution in [2.24, 2.45) is 5.73 Å². The molecular weight excluding hydrogens is 292 g/mol. The van der Waals surface area contributed by atoms with Gasteiger partial charge in [0.05, 0.1) is 5.75 Å². The van der Waals surface area contributed by atoms with E-state index in [2.05, 4.69) is 6.92 Å². The van der Waals surface area contributed by atoms with Crippen LogP contribution in [0.25, 0.3) is 0 Å². The average molecular weight is 314 g/mol. The molecule has 1 aromatic carbocycles. The summed E-state index contributed by atoms with van der Waals surface area (Å²) in [6, 6.07) is 7.52. The van der Waals surface area contributed by atoms with E-state index in [1.807, 2.05) is 36.0 Å². The molecule has 20 heavy (non-hydrogen) atoms. The van der Waals surface area contributed by atoms with Crippen LogP contribution >= 0.6 is 11.8 Å². The normalized spacial score (nSPS) is 21.0. The maximum Gasteiger partial charge on any atom is 0.218 e. The van der Waals surface area contributed by atoms with Crippen molar-refractivity contribution in [3.05, 3.63) is 35.4 Å². The van der Waals surface area contributed by atoms with Crippen LogP contribution in [0.5, 0.6) is 0 Å². The quantitative estimate of drug-likeness (QED) is 0.900. The Morgan fingerprint density at radius 3 is 2.85 bits per heavy atom. The van der Waals surface area contributed by atoms with Crippen molar-refractivity contribution < 1.29 is 8.42 Å². The fourth-order valence-corrected chi connectivity index (χ4v) is 5.29. The minimum absolute atomic E-state index is 0.0714. The minimum Gasteiger partial charge on any atom is -0.326 e. The summed E-state index contributed by atoms with van der Waals surface area (Å²) < 4.78 is 26.6. The van der Waals surface area contributed by atoms with Crippen LogP contribution in [0.1, 0.15) is 24.5 Å². The van der Waals surface area contributed by atoms with Gasteiger partial charge in [0.25, 0.3) is 0 Å². The smallest absolute Gasteiger partial charge is 0.218 e. The maximum absolute atomic E-state index is 12.5. The lowest BCUT2D eigenvalue weighted by molar-refractivity contribution is 0.415. The van der Waals surface area contributed by atoms with Crippen LogP contribution in [0.2, 0.25) is 0 Å². The summed E-state index contributed by atoms with van der Waals surface area (Å²) in [4.78, 5) is 0. The van der Waals surface area contributed by atoms with E-state index in [4.69, 9.17) is 5.73 Å². The standard InChI is InChI=1S/C14H22N2O2S2/c1-2-14-10-16(6-7-19-14)20(17,18)11-13-5-3-4-12(8-13)9-15/h3-5,8,14H,2,6-7,9-11,15H2,1H3. The molecule has 6 heteroatoms. The summed E-state index contributed by atoms with van der Waals surface area (Å²) in [7, 11) is -3.23. The third-order valence-electron chi connectivity index (χ3n) is 3.53. The highest BCUT2D eigenvalue weighted by atomic mass is 32.2. The molecular formula is C14H22N2O2S2. The predicted molar refractivity (Wildman–Crippen MR) is 85.1 cm³/mol. The number of hydrogen-bond acceptors (Lipinski definition) is 4. The summed E-state index contributed by atoms with van der Waals surface area (Å²) in [5.41, 5.74) is 7.39. The number of rotatable bonds is 5. The van der Waals surface area contributed by atoms with Crippen molar-refractivity contribution >= 4 is 21.8 Å². The summed E-state index contributed by atoms with van der Waals surface area (Å²) in [5.74, 6) is 0.961. The topological polar surface area (TPSA) is 63.4 Å². The number of hydrogen-bond donors (Lipinski definition) is 1. The van der Waals surface area contributed by atoms with Gasteiger partial charge in [-0.15, -0.1) is 0 Å². The largest absolute Gasteiger partial charge is 0.326 e. The van der Waals surface area contributed by atoms with Gasteiger partial charge < -0.3 is 5.73 Å². The van der Waals surface area contributed by atoms with Crippen molar-refractivity contribution in [2.45, 2.75) is 30.9 Å². The summed E-state index contributed by atoms with van der Waals surface area (Å²) in [6.45, 7) is 3.81. The molecule has 0 saturated carbocycles. The van der Waals surface area contributed by atoms with E-state index in [9.17, 15) is 8.42 Å². The molecule has 1 fully saturated rings. The minimum atomic E-state index is -3.23. The fourth-order valence-electron chi connectivity index (χ4n) is 2.34. The molecule has 0 aliphatic carbocycles. The number of sulfonamides is 1. The molecule has 1 saturated heterocycles. The van der Waals surface area contributed by atoms with Crippen LogP contribution in [0.3, 0.4) is 0 Å². The first-order chi connectivity index (χ1) is 9.55. The summed E-state index contributed by atoms with van der Waals surface area (Å²) in [5, 5.41) is 0.425. The lowest BCUT2D eigenvalue weighted by Gasteiger charge is -2.31. The van der Waals surface area contributed by atoms with Gasteiger partial charge in [0, 0.05) is 30.6 Å². The third kappa shape index (κ3) is 3.97. The molecule has 0 amide bonds. The molecule has 0 aromatic heterocycles. The fraction of sp³-hybridized carbons (Fsp3) is 0.571. The number of benzene rings is 1. The Labute approximate surface area is 125 Å². The SMILES string of the molecule is CCC1CN(S(=O)(=O)Cc2cccc(CN)c2)CCS1. The van der Waals surface area contributed by atoms with Crippen molar-refractivity contribution in [3.8, 4) is 0 Å². The van der Waals surface area contributed by atoms with E-state index in [0.717, 1.165) is 23.3 Å². The lowest BCUT2D eigenvalue weighted by atomic mass is 10.1. The second kappa shape index (κ2) is 6.93. The van der Waals surface area contributed by atoms with Crippen molar-refractivity contribution in [1.29, 1.82) is 0 Å². The molecule has 112 valence electrons. The first-order valence-electron chi connectivity index (χ1n) is 6.92. The predicted octanol–water partition coefficient (Wildman–Crippen LogP) is 1.80. The van der Waals surface area contributed by atoms with Gasteiger partial charge in [0.15, 0.2) is 0 Å². The highest BCUT2D eigenvalue weighted by Gasteiger charge is 2.28. The van der Waals surface area contributed by atoms with Crippen LogP contribution in [0, 0.1) is 0 Å². The molecule has 2 N–H and O–H groups in total. The first-order valence-corrected chi connectivity index (χ1v) is 9.58. The second-order valence-corrected chi connectivity index (χ2v) is 8.42. The number of nitrogens with two attached hydrogens (primary N) is 1. The van der Waals surface area contributed by atoms with E-state index >= 15 is 0 Å². The Bertz CT molecular complexity index is 546. The van der Waals surface area contributed by atoms with Crippen LogP contribution in [0.4, 0.5) is 0 Å². The highest BCUT2D eigenvalue weighted by Crippen LogP contribution is 2.24. The molecule has 0 bridgehead atoms. The molecule has 2 rings (SSSR count). The third-order valence-corrected chi connectivity index (χ3v) is 6.72. The van der Waals surface area contributed by atoms with Crippen LogP contribution < -0.4 is 5.73 Å². The molecule has 1 aliphatic rings. The first kappa shape index (κ1) is 15.8. The van der Waals surface area contributed by atoms with Crippen molar-refractivity contribution in [3.63, 3.8) is 0 Å². The zero-order valence-corrected chi connectivity index (χ0v) is 13.4.